The van der Waals surface area contributed by atoms with Crippen LogP contribution in [-0.2, 0) is 4.79 Å². The number of hydrogen-bond donors (Lipinski definition) is 2. The minimum Gasteiger partial charge on any atom is -0.397 e. The van der Waals surface area contributed by atoms with Crippen molar-refractivity contribution in [2.45, 2.75) is 25.3 Å². The van der Waals surface area contributed by atoms with Crippen molar-refractivity contribution in [3.8, 4) is 0 Å². The Hall–Kier alpha value is -1.49. The van der Waals surface area contributed by atoms with E-state index in [2.05, 4.69) is 10.2 Å². The van der Waals surface area contributed by atoms with Gasteiger partial charge in [0.25, 0.3) is 0 Å². The first-order chi connectivity index (χ1) is 9.54. The van der Waals surface area contributed by atoms with Crippen LogP contribution in [-0.4, -0.2) is 25.0 Å². The van der Waals surface area contributed by atoms with E-state index in [9.17, 15) is 9.18 Å². The topological polar surface area (TPSA) is 58.4 Å². The molecule has 2 atom stereocenters. The third-order valence-electron chi connectivity index (χ3n) is 4.23. The second-order valence-corrected chi connectivity index (χ2v) is 5.94. The lowest BCUT2D eigenvalue weighted by Gasteiger charge is -2.42. The number of carbonyl (C=O) groups is 1. The summed E-state index contributed by atoms with van der Waals surface area (Å²) < 4.78 is 13.4. The van der Waals surface area contributed by atoms with Crippen LogP contribution in [0.4, 0.5) is 15.8 Å². The van der Waals surface area contributed by atoms with Gasteiger partial charge in [-0.15, -0.1) is 0 Å². The molecule has 2 aliphatic heterocycles. The molecule has 1 amide bonds. The number of hydrogen-bond acceptors (Lipinski definition) is 3. The average molecular weight is 298 g/mol. The van der Waals surface area contributed by atoms with Crippen molar-refractivity contribution in [3.05, 3.63) is 23.0 Å². The predicted octanol–water partition coefficient (Wildman–Crippen LogP) is 2.17. The van der Waals surface area contributed by atoms with Gasteiger partial charge in [-0.1, -0.05) is 11.6 Å². The van der Waals surface area contributed by atoms with Gasteiger partial charge in [-0.3, -0.25) is 4.79 Å². The molecule has 0 spiro atoms. The first kappa shape index (κ1) is 13.5. The van der Waals surface area contributed by atoms with Crippen LogP contribution in [0.5, 0.6) is 0 Å². The number of nitrogens with one attached hydrogen (secondary N) is 1. The standard InChI is InChI=1S/C14H17ClFN3O/c15-9-5-13(11(17)6-10(9)16)19-4-3-12-8(7-19)1-2-14(20)18-12/h5-6,8,12H,1-4,7,17H2,(H,18,20). The van der Waals surface area contributed by atoms with Gasteiger partial charge in [0.2, 0.25) is 5.91 Å². The van der Waals surface area contributed by atoms with Gasteiger partial charge in [0, 0.05) is 31.6 Å². The molecule has 2 heterocycles. The summed E-state index contributed by atoms with van der Waals surface area (Å²) in [5.74, 6) is 0.0708. The number of carbonyl (C=O) groups excluding carboxylic acids is 1. The van der Waals surface area contributed by atoms with Crippen molar-refractivity contribution in [2.75, 3.05) is 23.7 Å². The van der Waals surface area contributed by atoms with Crippen LogP contribution < -0.4 is 16.0 Å². The lowest BCUT2D eigenvalue weighted by Crippen LogP contribution is -2.54. The van der Waals surface area contributed by atoms with Gasteiger partial charge in [0.15, 0.2) is 0 Å². The molecule has 6 heteroatoms. The molecule has 0 aliphatic carbocycles. The molecule has 1 aromatic rings. The molecule has 0 radical (unpaired) electrons. The molecular weight excluding hydrogens is 281 g/mol. The Balaban J connectivity index is 1.80. The van der Waals surface area contributed by atoms with Crippen LogP contribution in [0.3, 0.4) is 0 Å². The highest BCUT2D eigenvalue weighted by Gasteiger charge is 2.34. The molecule has 108 valence electrons. The van der Waals surface area contributed by atoms with E-state index in [-0.39, 0.29) is 17.0 Å². The number of piperidine rings is 2. The summed E-state index contributed by atoms with van der Waals surface area (Å²) in [4.78, 5) is 13.5. The number of nitrogens with two attached hydrogens (primary N) is 1. The lowest BCUT2D eigenvalue weighted by molar-refractivity contribution is -0.124. The van der Waals surface area contributed by atoms with E-state index in [4.69, 9.17) is 17.3 Å². The van der Waals surface area contributed by atoms with Gasteiger partial charge in [0.1, 0.15) is 5.82 Å². The maximum Gasteiger partial charge on any atom is 0.220 e. The smallest absolute Gasteiger partial charge is 0.220 e. The highest BCUT2D eigenvalue weighted by Crippen LogP contribution is 2.34. The summed E-state index contributed by atoms with van der Waals surface area (Å²) in [7, 11) is 0. The van der Waals surface area contributed by atoms with Gasteiger partial charge in [0.05, 0.1) is 16.4 Å². The summed E-state index contributed by atoms with van der Waals surface area (Å²) in [6.07, 6.45) is 2.35. The predicted molar refractivity (Wildman–Crippen MR) is 77.3 cm³/mol. The van der Waals surface area contributed by atoms with E-state index in [1.165, 1.54) is 6.07 Å². The van der Waals surface area contributed by atoms with E-state index in [1.807, 2.05) is 0 Å². The molecule has 2 saturated heterocycles. The Morgan fingerprint density at radius 2 is 2.20 bits per heavy atom. The number of halogens is 2. The lowest BCUT2D eigenvalue weighted by atomic mass is 9.85. The van der Waals surface area contributed by atoms with Gasteiger partial charge >= 0.3 is 0 Å². The molecule has 0 saturated carbocycles. The fraction of sp³-hybridized carbons (Fsp3) is 0.500. The number of nitrogen functional groups attached to an aromatic ring is 1. The average Bonchev–Trinajstić information content (AvgIpc) is 2.42. The van der Waals surface area contributed by atoms with Crippen LogP contribution in [0.25, 0.3) is 0 Å². The van der Waals surface area contributed by atoms with E-state index in [1.54, 1.807) is 6.07 Å². The van der Waals surface area contributed by atoms with Crippen LogP contribution >= 0.6 is 11.6 Å². The highest BCUT2D eigenvalue weighted by molar-refractivity contribution is 6.31. The molecule has 4 nitrogen and oxygen atoms in total. The van der Waals surface area contributed by atoms with Crippen molar-refractivity contribution in [2.24, 2.45) is 5.92 Å². The summed E-state index contributed by atoms with van der Waals surface area (Å²) in [5, 5.41) is 3.13. The monoisotopic (exact) mass is 297 g/mol. The van der Waals surface area contributed by atoms with Crippen molar-refractivity contribution < 1.29 is 9.18 Å². The third kappa shape index (κ3) is 2.42. The molecule has 3 rings (SSSR count). The molecule has 0 bridgehead atoms. The van der Waals surface area contributed by atoms with Crippen molar-refractivity contribution in [1.82, 2.24) is 5.32 Å². The number of rotatable bonds is 1. The third-order valence-corrected chi connectivity index (χ3v) is 4.52. The molecule has 20 heavy (non-hydrogen) atoms. The fourth-order valence-electron chi connectivity index (χ4n) is 3.15. The zero-order chi connectivity index (χ0) is 14.3. The molecular formula is C14H17ClFN3O. The van der Waals surface area contributed by atoms with E-state index < -0.39 is 5.82 Å². The van der Waals surface area contributed by atoms with Gasteiger partial charge in [-0.2, -0.15) is 0 Å². The number of fused-ring (bicyclic) bond motifs is 1. The molecule has 2 fully saturated rings. The Morgan fingerprint density at radius 1 is 1.40 bits per heavy atom. The minimum atomic E-state index is -0.493. The maximum atomic E-state index is 13.4. The largest absolute Gasteiger partial charge is 0.397 e. The van der Waals surface area contributed by atoms with Gasteiger partial charge in [-0.25, -0.2) is 4.39 Å². The van der Waals surface area contributed by atoms with Crippen LogP contribution in [0, 0.1) is 11.7 Å². The zero-order valence-electron chi connectivity index (χ0n) is 11.0. The first-order valence-corrected chi connectivity index (χ1v) is 7.21. The maximum absolute atomic E-state index is 13.4. The summed E-state index contributed by atoms with van der Waals surface area (Å²) in [5.41, 5.74) is 7.09. The molecule has 2 unspecified atom stereocenters. The van der Waals surface area contributed by atoms with E-state index in [0.717, 1.165) is 31.6 Å². The van der Waals surface area contributed by atoms with Gasteiger partial charge in [-0.05, 0) is 24.8 Å². The summed E-state index contributed by atoms with van der Waals surface area (Å²) in [6, 6.07) is 3.12. The first-order valence-electron chi connectivity index (χ1n) is 6.83. The van der Waals surface area contributed by atoms with Crippen molar-refractivity contribution in [3.63, 3.8) is 0 Å². The molecule has 1 aromatic carbocycles. The second-order valence-electron chi connectivity index (χ2n) is 5.53. The number of benzene rings is 1. The van der Waals surface area contributed by atoms with Crippen molar-refractivity contribution >= 4 is 28.9 Å². The van der Waals surface area contributed by atoms with Crippen molar-refractivity contribution in [1.29, 1.82) is 0 Å². The van der Waals surface area contributed by atoms with Crippen LogP contribution in [0.2, 0.25) is 5.02 Å². The number of amides is 1. The van der Waals surface area contributed by atoms with E-state index >= 15 is 0 Å². The second kappa shape index (κ2) is 5.13. The Bertz CT molecular complexity index is 551. The normalized spacial score (nSPS) is 26.1. The highest BCUT2D eigenvalue weighted by atomic mass is 35.5. The summed E-state index contributed by atoms with van der Waals surface area (Å²) >= 11 is 5.85. The van der Waals surface area contributed by atoms with Crippen LogP contribution in [0.15, 0.2) is 12.1 Å². The quantitative estimate of drug-likeness (QED) is 0.781. The SMILES string of the molecule is Nc1cc(F)c(Cl)cc1N1CCC2NC(=O)CCC2C1. The number of nitrogens with zero attached hydrogens (tertiary/aromatic N) is 1. The Morgan fingerprint density at radius 3 is 3.00 bits per heavy atom. The van der Waals surface area contributed by atoms with Crippen LogP contribution in [0.1, 0.15) is 19.3 Å². The number of anilines is 2. The van der Waals surface area contributed by atoms with E-state index in [0.29, 0.717) is 18.0 Å². The minimum absolute atomic E-state index is 0.0910. The summed E-state index contributed by atoms with van der Waals surface area (Å²) in [6.45, 7) is 1.60. The van der Waals surface area contributed by atoms with Gasteiger partial charge < -0.3 is 16.0 Å². The Labute approximate surface area is 122 Å². The molecule has 2 aliphatic rings. The molecule has 3 N–H and O–H groups in total. The Kier molecular flexibility index (Phi) is 3.46. The molecule has 0 aromatic heterocycles. The fourth-order valence-corrected chi connectivity index (χ4v) is 3.31. The zero-order valence-corrected chi connectivity index (χ0v) is 11.8.